The van der Waals surface area contributed by atoms with Crippen LogP contribution in [0.3, 0.4) is 0 Å². The summed E-state index contributed by atoms with van der Waals surface area (Å²) in [5.41, 5.74) is 1.15. The van der Waals surface area contributed by atoms with Crippen LogP contribution in [0.1, 0.15) is 25.3 Å². The second-order valence-corrected chi connectivity index (χ2v) is 3.73. The highest BCUT2D eigenvalue weighted by molar-refractivity contribution is 5.79. The second kappa shape index (κ2) is 6.87. The van der Waals surface area contributed by atoms with Crippen LogP contribution in [0.4, 0.5) is 0 Å². The summed E-state index contributed by atoms with van der Waals surface area (Å²) in [6.45, 7) is 3.89. The smallest absolute Gasteiger partial charge is 0.191 e. The number of hydrogen-bond acceptors (Lipinski definition) is 2. The predicted molar refractivity (Wildman–Crippen MR) is 66.3 cm³/mol. The molecule has 0 spiro atoms. The molecule has 0 aliphatic rings. The first-order valence-electron chi connectivity index (χ1n) is 5.68. The zero-order chi connectivity index (χ0) is 11.8. The number of aliphatic imine (C=N–C) groups is 1. The molecule has 0 saturated heterocycles. The molecule has 0 saturated carbocycles. The Morgan fingerprint density at radius 2 is 2.31 bits per heavy atom. The Bertz CT molecular complexity index is 329. The van der Waals surface area contributed by atoms with Crippen molar-refractivity contribution in [1.29, 1.82) is 0 Å². The van der Waals surface area contributed by atoms with E-state index in [0.717, 1.165) is 31.0 Å². The van der Waals surface area contributed by atoms with Crippen LogP contribution in [0.25, 0.3) is 0 Å². The summed E-state index contributed by atoms with van der Waals surface area (Å²) in [4.78, 5) is 4.15. The lowest BCUT2D eigenvalue weighted by molar-refractivity contribution is 0.728. The zero-order valence-electron chi connectivity index (χ0n) is 10.3. The van der Waals surface area contributed by atoms with Gasteiger partial charge in [0.25, 0.3) is 0 Å². The number of nitrogens with one attached hydrogen (secondary N) is 2. The van der Waals surface area contributed by atoms with E-state index in [0.29, 0.717) is 0 Å². The van der Waals surface area contributed by atoms with Crippen molar-refractivity contribution in [3.63, 3.8) is 0 Å². The monoisotopic (exact) mass is 223 g/mol. The first-order valence-corrected chi connectivity index (χ1v) is 5.68. The highest BCUT2D eigenvalue weighted by Gasteiger charge is 1.98. The average molecular weight is 223 g/mol. The van der Waals surface area contributed by atoms with Crippen molar-refractivity contribution in [2.24, 2.45) is 12.0 Å². The first kappa shape index (κ1) is 12.5. The highest BCUT2D eigenvalue weighted by atomic mass is 15.2. The number of unbranched alkanes of at least 4 members (excludes halogenated alkanes) is 1. The molecule has 5 nitrogen and oxygen atoms in total. The molecule has 1 aromatic heterocycles. The van der Waals surface area contributed by atoms with Gasteiger partial charge in [-0.1, -0.05) is 13.3 Å². The molecular weight excluding hydrogens is 202 g/mol. The standard InChI is InChI=1S/C11H21N5/c1-4-5-6-13-11(12-2)14-7-10-8-15-16(3)9-10/h8-9H,4-7H2,1-3H3,(H2,12,13,14). The van der Waals surface area contributed by atoms with E-state index in [1.54, 1.807) is 11.7 Å². The van der Waals surface area contributed by atoms with Crippen molar-refractivity contribution in [2.75, 3.05) is 13.6 Å². The van der Waals surface area contributed by atoms with Crippen molar-refractivity contribution in [1.82, 2.24) is 20.4 Å². The summed E-state index contributed by atoms with van der Waals surface area (Å²) in [7, 11) is 3.70. The largest absolute Gasteiger partial charge is 0.356 e. The Labute approximate surface area is 97.0 Å². The minimum absolute atomic E-state index is 0.750. The highest BCUT2D eigenvalue weighted by Crippen LogP contribution is 1.94. The second-order valence-electron chi connectivity index (χ2n) is 3.73. The molecule has 90 valence electrons. The van der Waals surface area contributed by atoms with E-state index in [4.69, 9.17) is 0 Å². The fraction of sp³-hybridized carbons (Fsp3) is 0.636. The molecular formula is C11H21N5. The van der Waals surface area contributed by atoms with E-state index >= 15 is 0 Å². The Morgan fingerprint density at radius 1 is 1.50 bits per heavy atom. The predicted octanol–water partition coefficient (Wildman–Crippen LogP) is 0.885. The van der Waals surface area contributed by atoms with Gasteiger partial charge in [-0.25, -0.2) is 0 Å². The summed E-state index contributed by atoms with van der Waals surface area (Å²) < 4.78 is 1.80. The van der Waals surface area contributed by atoms with Crippen molar-refractivity contribution < 1.29 is 0 Å². The summed E-state index contributed by atoms with van der Waals surface area (Å²) in [5.74, 6) is 0.845. The zero-order valence-corrected chi connectivity index (χ0v) is 10.3. The van der Waals surface area contributed by atoms with Crippen LogP contribution in [0.5, 0.6) is 0 Å². The molecule has 1 heterocycles. The van der Waals surface area contributed by atoms with E-state index < -0.39 is 0 Å². The van der Waals surface area contributed by atoms with Gasteiger partial charge in [0, 0.05) is 38.9 Å². The molecule has 1 aromatic rings. The minimum Gasteiger partial charge on any atom is -0.356 e. The lowest BCUT2D eigenvalue weighted by Gasteiger charge is -2.10. The van der Waals surface area contributed by atoms with Crippen LogP contribution in [0.2, 0.25) is 0 Å². The Hall–Kier alpha value is -1.52. The van der Waals surface area contributed by atoms with E-state index in [1.165, 1.54) is 6.42 Å². The van der Waals surface area contributed by atoms with E-state index in [1.807, 2.05) is 19.4 Å². The minimum atomic E-state index is 0.750. The maximum Gasteiger partial charge on any atom is 0.191 e. The van der Waals surface area contributed by atoms with Gasteiger partial charge in [0.15, 0.2) is 5.96 Å². The molecule has 1 rings (SSSR count). The van der Waals surface area contributed by atoms with Crippen LogP contribution in [-0.2, 0) is 13.6 Å². The molecule has 0 aliphatic carbocycles. The summed E-state index contributed by atoms with van der Waals surface area (Å²) >= 11 is 0. The molecule has 0 aliphatic heterocycles. The Morgan fingerprint density at radius 3 is 2.88 bits per heavy atom. The van der Waals surface area contributed by atoms with Gasteiger partial charge >= 0.3 is 0 Å². The number of aromatic nitrogens is 2. The lowest BCUT2D eigenvalue weighted by Crippen LogP contribution is -2.37. The van der Waals surface area contributed by atoms with Crippen LogP contribution in [-0.4, -0.2) is 29.3 Å². The van der Waals surface area contributed by atoms with Crippen LogP contribution >= 0.6 is 0 Å². The van der Waals surface area contributed by atoms with Gasteiger partial charge in [-0.2, -0.15) is 5.10 Å². The third kappa shape index (κ3) is 4.33. The molecule has 0 radical (unpaired) electrons. The SMILES string of the molecule is CCCCNC(=NC)NCc1cnn(C)c1. The van der Waals surface area contributed by atoms with Gasteiger partial charge in [-0.3, -0.25) is 9.67 Å². The molecule has 0 unspecified atom stereocenters. The Kier molecular flexibility index (Phi) is 5.39. The van der Waals surface area contributed by atoms with E-state index in [-0.39, 0.29) is 0 Å². The molecule has 0 fully saturated rings. The van der Waals surface area contributed by atoms with Gasteiger partial charge in [0.1, 0.15) is 0 Å². The topological polar surface area (TPSA) is 54.2 Å². The van der Waals surface area contributed by atoms with E-state index in [2.05, 4.69) is 27.6 Å². The van der Waals surface area contributed by atoms with Gasteiger partial charge in [0.05, 0.1) is 6.20 Å². The third-order valence-electron chi connectivity index (χ3n) is 2.26. The number of rotatable bonds is 5. The van der Waals surface area contributed by atoms with Crippen molar-refractivity contribution in [3.8, 4) is 0 Å². The normalized spacial score (nSPS) is 11.6. The fourth-order valence-corrected chi connectivity index (χ4v) is 1.35. The first-order chi connectivity index (χ1) is 7.76. The van der Waals surface area contributed by atoms with Gasteiger partial charge < -0.3 is 10.6 Å². The molecule has 5 heteroatoms. The molecule has 0 amide bonds. The van der Waals surface area contributed by atoms with Gasteiger partial charge in [-0.15, -0.1) is 0 Å². The van der Waals surface area contributed by atoms with Gasteiger partial charge in [-0.05, 0) is 6.42 Å². The van der Waals surface area contributed by atoms with Crippen LogP contribution in [0, 0.1) is 0 Å². The Balaban J connectivity index is 2.29. The summed E-state index contributed by atoms with van der Waals surface area (Å²) in [6, 6.07) is 0. The molecule has 0 atom stereocenters. The van der Waals surface area contributed by atoms with Crippen LogP contribution < -0.4 is 10.6 Å². The van der Waals surface area contributed by atoms with Crippen molar-refractivity contribution in [3.05, 3.63) is 18.0 Å². The lowest BCUT2D eigenvalue weighted by atomic mass is 10.3. The number of aryl methyl sites for hydroxylation is 1. The number of hydrogen-bond donors (Lipinski definition) is 2. The average Bonchev–Trinajstić information content (AvgIpc) is 2.69. The molecule has 0 aromatic carbocycles. The maximum atomic E-state index is 4.15. The summed E-state index contributed by atoms with van der Waals surface area (Å²) in [6.07, 6.45) is 6.19. The number of guanidine groups is 1. The molecule has 0 bridgehead atoms. The van der Waals surface area contributed by atoms with E-state index in [9.17, 15) is 0 Å². The number of nitrogens with zero attached hydrogens (tertiary/aromatic N) is 3. The fourth-order valence-electron chi connectivity index (χ4n) is 1.35. The summed E-state index contributed by atoms with van der Waals surface area (Å²) in [5, 5.41) is 10.6. The molecule has 2 N–H and O–H groups in total. The van der Waals surface area contributed by atoms with Crippen LogP contribution in [0.15, 0.2) is 17.4 Å². The van der Waals surface area contributed by atoms with Gasteiger partial charge in [0.2, 0.25) is 0 Å². The molecule has 16 heavy (non-hydrogen) atoms. The maximum absolute atomic E-state index is 4.15. The van der Waals surface area contributed by atoms with Crippen molar-refractivity contribution >= 4 is 5.96 Å². The van der Waals surface area contributed by atoms with Crippen molar-refractivity contribution in [2.45, 2.75) is 26.3 Å². The quantitative estimate of drug-likeness (QED) is 0.443. The third-order valence-corrected chi connectivity index (χ3v) is 2.26.